The molecule has 0 aliphatic rings. The molecule has 0 aliphatic heterocycles. The lowest BCUT2D eigenvalue weighted by molar-refractivity contribution is -0.119. The van der Waals surface area contributed by atoms with E-state index in [0.29, 0.717) is 6.42 Å². The second-order valence-corrected chi connectivity index (χ2v) is 8.38. The van der Waals surface area contributed by atoms with E-state index in [2.05, 4.69) is 10.3 Å². The SMILES string of the molecule is C=O.CC(=O)N[C@@H](Cc1ccc(NS(=O)(=O)O)cc1)c1ncc(-c2ccccc2)s1. The molecular weight excluding hydrogens is 426 g/mol. The van der Waals surface area contributed by atoms with E-state index in [9.17, 15) is 13.2 Å². The first-order chi connectivity index (χ1) is 14.3. The van der Waals surface area contributed by atoms with Gasteiger partial charge in [0.1, 0.15) is 11.8 Å². The van der Waals surface area contributed by atoms with E-state index < -0.39 is 10.3 Å². The summed E-state index contributed by atoms with van der Waals surface area (Å²) in [5.74, 6) is -0.161. The van der Waals surface area contributed by atoms with Crippen LogP contribution in [0.5, 0.6) is 0 Å². The lowest BCUT2D eigenvalue weighted by Crippen LogP contribution is -2.27. The molecule has 0 radical (unpaired) electrons. The van der Waals surface area contributed by atoms with Gasteiger partial charge in [0.05, 0.1) is 16.6 Å². The molecule has 1 amide bonds. The second-order valence-electron chi connectivity index (χ2n) is 6.16. The molecule has 0 aliphatic carbocycles. The number of nitrogens with zero attached hydrogens (tertiary/aromatic N) is 1. The molecule has 1 aromatic heterocycles. The smallest absolute Gasteiger partial charge is 0.347 e. The van der Waals surface area contributed by atoms with Crippen molar-refractivity contribution in [3.63, 3.8) is 0 Å². The van der Waals surface area contributed by atoms with Gasteiger partial charge in [-0.15, -0.1) is 11.3 Å². The van der Waals surface area contributed by atoms with Crippen LogP contribution in [0.15, 0.2) is 60.8 Å². The Morgan fingerprint density at radius 3 is 2.33 bits per heavy atom. The molecule has 3 aromatic rings. The van der Waals surface area contributed by atoms with Crippen LogP contribution < -0.4 is 10.0 Å². The number of hydrogen-bond acceptors (Lipinski definition) is 6. The zero-order chi connectivity index (χ0) is 22.1. The van der Waals surface area contributed by atoms with Crippen LogP contribution >= 0.6 is 11.3 Å². The standard InChI is InChI=1S/C19H19N3O4S2.CH2O/c1-13(23)21-17(11-14-7-9-16(10-8-14)22-28(24,25)26)19-20-12-18(27-19)15-5-3-2-4-6-15;1-2/h2-10,12,17,22H,11H2,1H3,(H,21,23)(H,24,25,26);1H2/t17-;/m0./s1. The summed E-state index contributed by atoms with van der Waals surface area (Å²) in [5.41, 5.74) is 2.20. The third-order valence-electron chi connectivity index (χ3n) is 3.90. The largest absolute Gasteiger partial charge is 0.357 e. The summed E-state index contributed by atoms with van der Waals surface area (Å²) in [6.07, 6.45) is 2.29. The average molecular weight is 448 g/mol. The Kier molecular flexibility index (Phi) is 8.22. The first kappa shape index (κ1) is 23.2. The number of aromatic nitrogens is 1. The third kappa shape index (κ3) is 7.07. The number of rotatable bonds is 7. The van der Waals surface area contributed by atoms with Crippen LogP contribution in [0.3, 0.4) is 0 Å². The van der Waals surface area contributed by atoms with Gasteiger partial charge in [0.15, 0.2) is 0 Å². The Morgan fingerprint density at radius 1 is 1.13 bits per heavy atom. The van der Waals surface area contributed by atoms with Gasteiger partial charge in [-0.2, -0.15) is 8.42 Å². The fourth-order valence-corrected chi connectivity index (χ4v) is 4.13. The molecule has 30 heavy (non-hydrogen) atoms. The van der Waals surface area contributed by atoms with Gasteiger partial charge in [0, 0.05) is 13.1 Å². The number of nitrogens with one attached hydrogen (secondary N) is 2. The highest BCUT2D eigenvalue weighted by Gasteiger charge is 2.18. The van der Waals surface area contributed by atoms with Crippen molar-refractivity contribution in [1.29, 1.82) is 0 Å². The molecular formula is C20H21N3O5S2. The fraction of sp³-hybridized carbons (Fsp3) is 0.150. The number of carbonyl (C=O) groups is 2. The van der Waals surface area contributed by atoms with Crippen molar-refractivity contribution < 1.29 is 22.6 Å². The van der Waals surface area contributed by atoms with Crippen LogP contribution in [0.4, 0.5) is 5.69 Å². The van der Waals surface area contributed by atoms with Crippen molar-refractivity contribution in [1.82, 2.24) is 10.3 Å². The van der Waals surface area contributed by atoms with E-state index in [1.54, 1.807) is 30.5 Å². The Balaban J connectivity index is 0.00000155. The lowest BCUT2D eigenvalue weighted by atomic mass is 10.1. The van der Waals surface area contributed by atoms with Gasteiger partial charge in [-0.05, 0) is 29.7 Å². The molecule has 2 aromatic carbocycles. The van der Waals surface area contributed by atoms with Crippen LogP contribution in [-0.4, -0.2) is 30.7 Å². The summed E-state index contributed by atoms with van der Waals surface area (Å²) in [5, 5.41) is 3.71. The maximum atomic E-state index is 11.7. The van der Waals surface area contributed by atoms with Gasteiger partial charge in [-0.1, -0.05) is 42.5 Å². The Labute approximate surface area is 178 Å². The molecule has 3 N–H and O–H groups in total. The molecule has 0 saturated carbocycles. The van der Waals surface area contributed by atoms with Gasteiger partial charge >= 0.3 is 10.3 Å². The molecule has 10 heteroatoms. The first-order valence-electron chi connectivity index (χ1n) is 8.71. The molecule has 0 bridgehead atoms. The third-order valence-corrected chi connectivity index (χ3v) is 5.55. The van der Waals surface area contributed by atoms with E-state index >= 15 is 0 Å². The molecule has 1 heterocycles. The van der Waals surface area contributed by atoms with Crippen molar-refractivity contribution in [2.45, 2.75) is 19.4 Å². The van der Waals surface area contributed by atoms with Crippen molar-refractivity contribution in [3.8, 4) is 10.4 Å². The Morgan fingerprint density at radius 2 is 1.77 bits per heavy atom. The summed E-state index contributed by atoms with van der Waals surface area (Å²) in [7, 11) is -4.31. The quantitative estimate of drug-likeness (QED) is 0.477. The predicted octanol–water partition coefficient (Wildman–Crippen LogP) is 3.26. The lowest BCUT2D eigenvalue weighted by Gasteiger charge is -2.16. The average Bonchev–Trinajstić information content (AvgIpc) is 3.20. The number of anilines is 1. The first-order valence-corrected chi connectivity index (χ1v) is 11.0. The number of hydrogen-bond donors (Lipinski definition) is 3. The van der Waals surface area contributed by atoms with Gasteiger partial charge < -0.3 is 10.1 Å². The van der Waals surface area contributed by atoms with E-state index in [0.717, 1.165) is 21.0 Å². The fourth-order valence-electron chi connectivity index (χ4n) is 2.72. The maximum Gasteiger partial charge on any atom is 0.357 e. The number of thiazole rings is 1. The number of benzene rings is 2. The van der Waals surface area contributed by atoms with E-state index in [1.807, 2.05) is 41.8 Å². The van der Waals surface area contributed by atoms with Gasteiger partial charge in [-0.3, -0.25) is 14.1 Å². The van der Waals surface area contributed by atoms with Crippen LogP contribution in [-0.2, 0) is 26.3 Å². The minimum Gasteiger partial charge on any atom is -0.347 e. The minimum absolute atomic E-state index is 0.161. The zero-order valence-electron chi connectivity index (χ0n) is 16.1. The highest BCUT2D eigenvalue weighted by molar-refractivity contribution is 7.87. The Bertz CT molecular complexity index is 1070. The van der Waals surface area contributed by atoms with Gasteiger partial charge in [0.2, 0.25) is 5.91 Å². The molecule has 158 valence electrons. The highest BCUT2D eigenvalue weighted by Crippen LogP contribution is 2.30. The minimum atomic E-state index is -4.31. The van der Waals surface area contributed by atoms with Crippen LogP contribution in [0.25, 0.3) is 10.4 Å². The molecule has 8 nitrogen and oxygen atoms in total. The van der Waals surface area contributed by atoms with E-state index in [-0.39, 0.29) is 17.6 Å². The van der Waals surface area contributed by atoms with Crippen molar-refractivity contribution in [2.75, 3.05) is 4.72 Å². The molecule has 1 atom stereocenters. The number of amides is 1. The van der Waals surface area contributed by atoms with Crippen molar-refractivity contribution >= 4 is 40.0 Å². The zero-order valence-corrected chi connectivity index (χ0v) is 17.7. The molecule has 3 rings (SSSR count). The normalized spacial score (nSPS) is 11.7. The molecule has 0 fully saturated rings. The van der Waals surface area contributed by atoms with Crippen molar-refractivity contribution in [3.05, 3.63) is 71.4 Å². The topological polar surface area (TPSA) is 125 Å². The summed E-state index contributed by atoms with van der Waals surface area (Å²) in [6.45, 7) is 3.46. The van der Waals surface area contributed by atoms with Crippen LogP contribution in [0.1, 0.15) is 23.5 Å². The summed E-state index contributed by atoms with van der Waals surface area (Å²) in [6, 6.07) is 16.1. The maximum absolute atomic E-state index is 11.7. The number of carbonyl (C=O) groups excluding carboxylic acids is 2. The van der Waals surface area contributed by atoms with Gasteiger partial charge in [-0.25, -0.2) is 4.98 Å². The Hall–Kier alpha value is -3.08. The molecule has 0 spiro atoms. The monoisotopic (exact) mass is 447 g/mol. The molecule has 0 unspecified atom stereocenters. The summed E-state index contributed by atoms with van der Waals surface area (Å²) in [4.78, 5) is 25.2. The van der Waals surface area contributed by atoms with E-state index in [4.69, 9.17) is 9.35 Å². The predicted molar refractivity (Wildman–Crippen MR) is 117 cm³/mol. The summed E-state index contributed by atoms with van der Waals surface area (Å²) < 4.78 is 32.6. The van der Waals surface area contributed by atoms with Gasteiger partial charge in [0.25, 0.3) is 0 Å². The van der Waals surface area contributed by atoms with Crippen molar-refractivity contribution in [2.24, 2.45) is 0 Å². The molecule has 0 saturated heterocycles. The summed E-state index contributed by atoms with van der Waals surface area (Å²) >= 11 is 1.52. The highest BCUT2D eigenvalue weighted by atomic mass is 32.2. The van der Waals surface area contributed by atoms with Crippen LogP contribution in [0.2, 0.25) is 0 Å². The van der Waals surface area contributed by atoms with Crippen LogP contribution in [0, 0.1) is 0 Å². The second kappa shape index (κ2) is 10.6. The van der Waals surface area contributed by atoms with E-state index in [1.165, 1.54) is 18.3 Å².